The normalized spacial score (nSPS) is 17.7. The number of carbonyl (C=O) groups excluding carboxylic acids is 2. The van der Waals surface area contributed by atoms with Gasteiger partial charge in [0.15, 0.2) is 0 Å². The highest BCUT2D eigenvalue weighted by molar-refractivity contribution is 6.06. The van der Waals surface area contributed by atoms with Crippen molar-refractivity contribution in [3.63, 3.8) is 0 Å². The number of piperidine rings is 1. The van der Waals surface area contributed by atoms with Gasteiger partial charge in [-0.15, -0.1) is 0 Å². The molecule has 3 aromatic rings. The molecule has 5 heterocycles. The third-order valence-corrected chi connectivity index (χ3v) is 7.19. The Kier molecular flexibility index (Phi) is 5.32. The Balaban J connectivity index is 1.13. The SMILES string of the molecule is Cc1ccc2c(c1)CCN2C(=O)c1cc(N2CCC(N3Cc4cccnc4NC3=O)CC2)ncn1. The number of pyridine rings is 1. The van der Waals surface area contributed by atoms with E-state index >= 15 is 0 Å². The van der Waals surface area contributed by atoms with Crippen LogP contribution in [-0.2, 0) is 13.0 Å². The summed E-state index contributed by atoms with van der Waals surface area (Å²) in [6.07, 6.45) is 5.68. The molecular formula is C26H27N7O2. The van der Waals surface area contributed by atoms with Crippen molar-refractivity contribution in [2.24, 2.45) is 0 Å². The molecule has 0 radical (unpaired) electrons. The van der Waals surface area contributed by atoms with E-state index in [0.29, 0.717) is 24.6 Å². The summed E-state index contributed by atoms with van der Waals surface area (Å²) < 4.78 is 0. The summed E-state index contributed by atoms with van der Waals surface area (Å²) in [5.41, 5.74) is 4.82. The van der Waals surface area contributed by atoms with Gasteiger partial charge in [0.05, 0.1) is 6.54 Å². The summed E-state index contributed by atoms with van der Waals surface area (Å²) in [6.45, 7) is 4.82. The van der Waals surface area contributed by atoms with Gasteiger partial charge in [-0.05, 0) is 43.9 Å². The van der Waals surface area contributed by atoms with Gasteiger partial charge in [-0.1, -0.05) is 23.8 Å². The molecule has 1 N–H and O–H groups in total. The minimum absolute atomic E-state index is 0.0920. The van der Waals surface area contributed by atoms with Crippen molar-refractivity contribution in [3.8, 4) is 0 Å². The maximum absolute atomic E-state index is 13.3. The van der Waals surface area contributed by atoms with E-state index in [2.05, 4.69) is 38.2 Å². The van der Waals surface area contributed by atoms with Crippen LogP contribution in [0, 0.1) is 6.92 Å². The van der Waals surface area contributed by atoms with E-state index in [0.717, 1.165) is 49.4 Å². The molecule has 1 fully saturated rings. The number of carbonyl (C=O) groups is 2. The molecule has 0 bridgehead atoms. The van der Waals surface area contributed by atoms with Crippen LogP contribution >= 0.6 is 0 Å². The molecule has 3 amide bonds. The average molecular weight is 470 g/mol. The zero-order chi connectivity index (χ0) is 23.9. The van der Waals surface area contributed by atoms with Gasteiger partial charge in [0, 0.05) is 49.2 Å². The highest BCUT2D eigenvalue weighted by Crippen LogP contribution is 2.31. The zero-order valence-electron chi connectivity index (χ0n) is 19.6. The molecule has 0 saturated carbocycles. The van der Waals surface area contributed by atoms with Crippen LogP contribution in [0.4, 0.5) is 22.1 Å². The van der Waals surface area contributed by atoms with Crippen LogP contribution in [0.5, 0.6) is 0 Å². The Morgan fingerprint density at radius 3 is 2.74 bits per heavy atom. The standard InChI is InChI=1S/C26H27N7O2/c1-17-4-5-22-18(13-17)6-12-32(22)25(34)21-14-23(29-16-28-21)31-10-7-20(8-11-31)33-15-19-3-2-9-27-24(19)30-26(33)35/h2-5,9,13-14,16,20H,6-8,10-12,15H2,1H3,(H,27,30,35). The predicted molar refractivity (Wildman–Crippen MR) is 133 cm³/mol. The molecular weight excluding hydrogens is 442 g/mol. The average Bonchev–Trinajstić information content (AvgIpc) is 3.31. The van der Waals surface area contributed by atoms with Crippen LogP contribution in [0.25, 0.3) is 0 Å². The minimum Gasteiger partial charge on any atom is -0.356 e. The summed E-state index contributed by atoms with van der Waals surface area (Å²) in [7, 11) is 0. The van der Waals surface area contributed by atoms with Gasteiger partial charge in [-0.25, -0.2) is 19.7 Å². The quantitative estimate of drug-likeness (QED) is 0.632. The first-order chi connectivity index (χ1) is 17.1. The van der Waals surface area contributed by atoms with Gasteiger partial charge in [0.1, 0.15) is 23.7 Å². The number of aromatic nitrogens is 3. The highest BCUT2D eigenvalue weighted by Gasteiger charge is 2.33. The molecule has 178 valence electrons. The first kappa shape index (κ1) is 21.5. The number of urea groups is 1. The van der Waals surface area contributed by atoms with E-state index in [1.807, 2.05) is 34.1 Å². The molecule has 0 aliphatic carbocycles. The Labute approximate surface area is 203 Å². The van der Waals surface area contributed by atoms with Crippen LogP contribution in [0.3, 0.4) is 0 Å². The zero-order valence-corrected chi connectivity index (χ0v) is 19.6. The van der Waals surface area contributed by atoms with Gasteiger partial charge >= 0.3 is 6.03 Å². The lowest BCUT2D eigenvalue weighted by molar-refractivity contribution is 0.0984. The van der Waals surface area contributed by atoms with E-state index in [9.17, 15) is 9.59 Å². The van der Waals surface area contributed by atoms with Crippen molar-refractivity contribution < 1.29 is 9.59 Å². The molecule has 35 heavy (non-hydrogen) atoms. The van der Waals surface area contributed by atoms with Gasteiger partial charge in [0.25, 0.3) is 5.91 Å². The fourth-order valence-electron chi connectivity index (χ4n) is 5.33. The van der Waals surface area contributed by atoms with Crippen LogP contribution in [-0.4, -0.2) is 57.5 Å². The molecule has 9 heteroatoms. The largest absolute Gasteiger partial charge is 0.356 e. The Morgan fingerprint density at radius 1 is 1.03 bits per heavy atom. The minimum atomic E-state index is -0.0941. The predicted octanol–water partition coefficient (Wildman–Crippen LogP) is 3.40. The molecule has 3 aliphatic rings. The topological polar surface area (TPSA) is 94.6 Å². The lowest BCUT2D eigenvalue weighted by Crippen LogP contribution is -2.50. The van der Waals surface area contributed by atoms with Crippen molar-refractivity contribution in [3.05, 3.63) is 71.3 Å². The number of hydrogen-bond donors (Lipinski definition) is 1. The number of hydrogen-bond acceptors (Lipinski definition) is 6. The van der Waals surface area contributed by atoms with E-state index in [1.54, 1.807) is 12.3 Å². The van der Waals surface area contributed by atoms with E-state index in [4.69, 9.17) is 0 Å². The summed E-state index contributed by atoms with van der Waals surface area (Å²) >= 11 is 0. The number of benzene rings is 1. The number of amides is 3. The van der Waals surface area contributed by atoms with Gasteiger partial charge < -0.3 is 14.7 Å². The highest BCUT2D eigenvalue weighted by atomic mass is 16.2. The molecule has 9 nitrogen and oxygen atoms in total. The van der Waals surface area contributed by atoms with E-state index in [-0.39, 0.29) is 18.0 Å². The van der Waals surface area contributed by atoms with Crippen molar-refractivity contribution in [2.75, 3.05) is 34.8 Å². The fraction of sp³-hybridized carbons (Fsp3) is 0.346. The molecule has 6 rings (SSSR count). The number of anilines is 3. The molecule has 0 atom stereocenters. The third kappa shape index (κ3) is 3.96. The van der Waals surface area contributed by atoms with Gasteiger partial charge in [-0.2, -0.15) is 0 Å². The van der Waals surface area contributed by atoms with Crippen LogP contribution < -0.4 is 15.1 Å². The molecule has 1 saturated heterocycles. The number of rotatable bonds is 3. The molecule has 2 aromatic heterocycles. The summed E-state index contributed by atoms with van der Waals surface area (Å²) in [6, 6.07) is 12.0. The second-order valence-electron chi connectivity index (χ2n) is 9.39. The monoisotopic (exact) mass is 469 g/mol. The fourth-order valence-corrected chi connectivity index (χ4v) is 5.33. The molecule has 0 spiro atoms. The van der Waals surface area contributed by atoms with Crippen molar-refractivity contribution >= 4 is 29.3 Å². The smallest absolute Gasteiger partial charge is 0.323 e. The van der Waals surface area contributed by atoms with Gasteiger partial charge in [0.2, 0.25) is 0 Å². The summed E-state index contributed by atoms with van der Waals surface area (Å²) in [5, 5.41) is 2.91. The number of fused-ring (bicyclic) bond motifs is 2. The lowest BCUT2D eigenvalue weighted by atomic mass is 10.0. The first-order valence-corrected chi connectivity index (χ1v) is 12.1. The van der Waals surface area contributed by atoms with Crippen molar-refractivity contribution in [1.29, 1.82) is 0 Å². The molecule has 0 unspecified atom stereocenters. The van der Waals surface area contributed by atoms with Crippen LogP contribution in [0.1, 0.15) is 40.0 Å². The van der Waals surface area contributed by atoms with Crippen LogP contribution in [0.15, 0.2) is 48.9 Å². The number of nitrogens with one attached hydrogen (secondary N) is 1. The molecule has 3 aliphatic heterocycles. The third-order valence-electron chi connectivity index (χ3n) is 7.19. The maximum Gasteiger partial charge on any atom is 0.323 e. The Morgan fingerprint density at radius 2 is 1.89 bits per heavy atom. The first-order valence-electron chi connectivity index (χ1n) is 12.1. The number of aryl methyl sites for hydroxylation is 1. The number of nitrogens with zero attached hydrogens (tertiary/aromatic N) is 6. The Bertz CT molecular complexity index is 1300. The summed E-state index contributed by atoms with van der Waals surface area (Å²) in [4.78, 5) is 44.8. The van der Waals surface area contributed by atoms with Crippen LogP contribution in [0.2, 0.25) is 0 Å². The second-order valence-corrected chi connectivity index (χ2v) is 9.39. The second kappa shape index (κ2) is 8.65. The summed E-state index contributed by atoms with van der Waals surface area (Å²) in [5.74, 6) is 1.31. The molecule has 1 aromatic carbocycles. The van der Waals surface area contributed by atoms with Crippen molar-refractivity contribution in [2.45, 2.75) is 38.8 Å². The van der Waals surface area contributed by atoms with E-state index in [1.165, 1.54) is 17.5 Å². The Hall–Kier alpha value is -4.01. The van der Waals surface area contributed by atoms with E-state index < -0.39 is 0 Å². The maximum atomic E-state index is 13.3. The lowest BCUT2D eigenvalue weighted by Gasteiger charge is -2.40. The van der Waals surface area contributed by atoms with Crippen molar-refractivity contribution in [1.82, 2.24) is 19.9 Å². The van der Waals surface area contributed by atoms with Gasteiger partial charge in [-0.3, -0.25) is 10.1 Å².